The quantitative estimate of drug-likeness (QED) is 0.506. The molecule has 1 aromatic heterocycles. The average molecular weight is 360 g/mol. The Bertz CT molecular complexity index is 987. The smallest absolute Gasteiger partial charge is 0.318 e. The second-order valence-electron chi connectivity index (χ2n) is 6.57. The topological polar surface area (TPSA) is 58.4 Å². The number of aryl methyl sites for hydroxylation is 2. The molecule has 3 aromatic rings. The summed E-state index contributed by atoms with van der Waals surface area (Å²) in [7, 11) is 0. The largest absolute Gasteiger partial charge is 0.339 e. The molecule has 0 aliphatic rings. The fraction of sp³-hybridized carbons (Fsp3) is 0.182. The van der Waals surface area contributed by atoms with Crippen LogP contribution in [0.25, 0.3) is 5.69 Å². The van der Waals surface area contributed by atoms with Gasteiger partial charge in [0, 0.05) is 28.3 Å². The summed E-state index contributed by atoms with van der Waals surface area (Å²) >= 11 is 0. The summed E-state index contributed by atoms with van der Waals surface area (Å²) in [5, 5.41) is 6.82. The molecule has 0 saturated carbocycles. The van der Waals surface area contributed by atoms with Gasteiger partial charge in [0.25, 0.3) is 0 Å². The second-order valence-corrected chi connectivity index (χ2v) is 6.57. The van der Waals surface area contributed by atoms with Gasteiger partial charge in [-0.2, -0.15) is 5.10 Å². The molecule has 0 atom stereocenters. The van der Waals surface area contributed by atoms with Crippen LogP contribution in [-0.2, 0) is 0 Å². The Morgan fingerprint density at radius 2 is 1.74 bits per heavy atom. The number of aromatic nitrogens is 1. The van der Waals surface area contributed by atoms with Crippen LogP contribution in [0.4, 0.5) is 10.5 Å². The van der Waals surface area contributed by atoms with Crippen molar-refractivity contribution in [1.29, 1.82) is 0 Å². The monoisotopic (exact) mass is 360 g/mol. The van der Waals surface area contributed by atoms with E-state index in [9.17, 15) is 4.79 Å². The molecule has 5 nitrogen and oxygen atoms in total. The van der Waals surface area contributed by atoms with E-state index in [0.717, 1.165) is 22.6 Å². The minimum Gasteiger partial charge on any atom is -0.318 e. The number of urea groups is 1. The molecule has 2 N–H and O–H groups in total. The van der Waals surface area contributed by atoms with Crippen molar-refractivity contribution in [3.8, 4) is 5.69 Å². The number of rotatable bonds is 4. The van der Waals surface area contributed by atoms with Crippen LogP contribution >= 0.6 is 0 Å². The Kier molecular flexibility index (Phi) is 5.41. The molecule has 0 bridgehead atoms. The maximum Gasteiger partial charge on any atom is 0.339 e. The summed E-state index contributed by atoms with van der Waals surface area (Å²) in [5.41, 5.74) is 10.1. The zero-order valence-electron chi connectivity index (χ0n) is 16.1. The van der Waals surface area contributed by atoms with Gasteiger partial charge in [-0.25, -0.2) is 10.2 Å². The highest BCUT2D eigenvalue weighted by molar-refractivity contribution is 5.90. The summed E-state index contributed by atoms with van der Waals surface area (Å²) < 4.78 is 2.22. The normalized spacial score (nSPS) is 11.0. The van der Waals surface area contributed by atoms with Gasteiger partial charge in [-0.05, 0) is 63.1 Å². The lowest BCUT2D eigenvalue weighted by molar-refractivity contribution is 0.252. The van der Waals surface area contributed by atoms with Crippen molar-refractivity contribution in [2.45, 2.75) is 27.7 Å². The van der Waals surface area contributed by atoms with E-state index >= 15 is 0 Å². The van der Waals surface area contributed by atoms with E-state index in [1.54, 1.807) is 6.21 Å². The lowest BCUT2D eigenvalue weighted by atomic mass is 10.1. The van der Waals surface area contributed by atoms with Crippen molar-refractivity contribution < 1.29 is 4.79 Å². The van der Waals surface area contributed by atoms with Gasteiger partial charge in [-0.1, -0.05) is 30.3 Å². The Morgan fingerprint density at radius 1 is 1.00 bits per heavy atom. The molecule has 1 heterocycles. The third-order valence-corrected chi connectivity index (χ3v) is 4.69. The van der Waals surface area contributed by atoms with Crippen molar-refractivity contribution in [1.82, 2.24) is 9.99 Å². The standard InChI is InChI=1S/C22H24N4O/c1-15-9-8-12-21(17(15)3)26-16(2)13-19(18(26)4)14-23-25-22(27)24-20-10-6-5-7-11-20/h5-14H,1-4H3,(H2,24,25,27)/b23-14-. The van der Waals surface area contributed by atoms with Crippen molar-refractivity contribution in [3.05, 3.63) is 82.7 Å². The molecular weight excluding hydrogens is 336 g/mol. The number of amides is 2. The van der Waals surface area contributed by atoms with E-state index < -0.39 is 0 Å². The van der Waals surface area contributed by atoms with E-state index in [0.29, 0.717) is 0 Å². The predicted octanol–water partition coefficient (Wildman–Crippen LogP) is 4.87. The van der Waals surface area contributed by atoms with Crippen molar-refractivity contribution in [3.63, 3.8) is 0 Å². The molecule has 0 fully saturated rings. The Labute approximate surface area is 159 Å². The van der Waals surface area contributed by atoms with Gasteiger partial charge in [-0.3, -0.25) is 0 Å². The molecule has 5 heteroatoms. The molecular formula is C22H24N4O. The molecule has 27 heavy (non-hydrogen) atoms. The van der Waals surface area contributed by atoms with Crippen LogP contribution in [0.3, 0.4) is 0 Å². The summed E-state index contributed by atoms with van der Waals surface area (Å²) in [6.45, 7) is 8.37. The maximum atomic E-state index is 11.9. The fourth-order valence-corrected chi connectivity index (χ4v) is 3.11. The fourth-order valence-electron chi connectivity index (χ4n) is 3.11. The summed E-state index contributed by atoms with van der Waals surface area (Å²) in [6.07, 6.45) is 1.68. The number of nitrogens with one attached hydrogen (secondary N) is 2. The van der Waals surface area contributed by atoms with Gasteiger partial charge in [-0.15, -0.1) is 0 Å². The zero-order chi connectivity index (χ0) is 19.4. The first-order chi connectivity index (χ1) is 13.0. The third-order valence-electron chi connectivity index (χ3n) is 4.69. The molecule has 2 amide bonds. The highest BCUT2D eigenvalue weighted by Crippen LogP contribution is 2.24. The predicted molar refractivity (Wildman–Crippen MR) is 111 cm³/mol. The van der Waals surface area contributed by atoms with Crippen LogP contribution in [0.15, 0.2) is 59.7 Å². The highest BCUT2D eigenvalue weighted by atomic mass is 16.2. The van der Waals surface area contributed by atoms with Crippen LogP contribution < -0.4 is 10.7 Å². The van der Waals surface area contributed by atoms with Gasteiger partial charge in [0.05, 0.1) is 6.21 Å². The van der Waals surface area contributed by atoms with Crippen LogP contribution in [-0.4, -0.2) is 16.8 Å². The molecule has 0 spiro atoms. The molecule has 0 aliphatic heterocycles. The van der Waals surface area contributed by atoms with E-state index in [2.05, 4.69) is 72.4 Å². The van der Waals surface area contributed by atoms with Crippen LogP contribution in [0, 0.1) is 27.7 Å². The number of nitrogens with zero attached hydrogens (tertiary/aromatic N) is 2. The summed E-state index contributed by atoms with van der Waals surface area (Å²) in [6, 6.07) is 17.3. The number of benzene rings is 2. The van der Waals surface area contributed by atoms with Crippen LogP contribution in [0.2, 0.25) is 0 Å². The van der Waals surface area contributed by atoms with E-state index in [-0.39, 0.29) is 6.03 Å². The number of anilines is 1. The molecule has 2 aromatic carbocycles. The van der Waals surface area contributed by atoms with Crippen LogP contribution in [0.1, 0.15) is 28.1 Å². The van der Waals surface area contributed by atoms with Gasteiger partial charge in [0.2, 0.25) is 0 Å². The lowest BCUT2D eigenvalue weighted by Crippen LogP contribution is -2.24. The minimum absolute atomic E-state index is 0.374. The molecule has 0 radical (unpaired) electrons. The van der Waals surface area contributed by atoms with Gasteiger partial charge in [0.1, 0.15) is 0 Å². The summed E-state index contributed by atoms with van der Waals surface area (Å²) in [5.74, 6) is 0. The molecule has 138 valence electrons. The Morgan fingerprint density at radius 3 is 2.48 bits per heavy atom. The molecule has 0 aliphatic carbocycles. The number of hydrogen-bond donors (Lipinski definition) is 2. The van der Waals surface area contributed by atoms with Gasteiger partial charge >= 0.3 is 6.03 Å². The number of carbonyl (C=O) groups excluding carboxylic acids is 1. The molecule has 3 rings (SSSR count). The zero-order valence-corrected chi connectivity index (χ0v) is 16.1. The average Bonchev–Trinajstić information content (AvgIpc) is 2.92. The number of para-hydroxylation sites is 1. The van der Waals surface area contributed by atoms with E-state index in [1.807, 2.05) is 30.3 Å². The van der Waals surface area contributed by atoms with Crippen molar-refractivity contribution in [2.24, 2.45) is 5.10 Å². The molecule has 0 saturated heterocycles. The first-order valence-electron chi connectivity index (χ1n) is 8.88. The van der Waals surface area contributed by atoms with Crippen molar-refractivity contribution >= 4 is 17.9 Å². The molecule has 0 unspecified atom stereocenters. The Hall–Kier alpha value is -3.34. The number of hydrazone groups is 1. The van der Waals surface area contributed by atoms with Gasteiger partial charge < -0.3 is 9.88 Å². The number of hydrogen-bond acceptors (Lipinski definition) is 2. The Balaban J connectivity index is 1.76. The van der Waals surface area contributed by atoms with E-state index in [1.165, 1.54) is 16.8 Å². The summed E-state index contributed by atoms with van der Waals surface area (Å²) in [4.78, 5) is 11.9. The van der Waals surface area contributed by atoms with E-state index in [4.69, 9.17) is 0 Å². The first kappa shape index (κ1) is 18.5. The van der Waals surface area contributed by atoms with Gasteiger partial charge in [0.15, 0.2) is 0 Å². The second kappa shape index (κ2) is 7.91. The minimum atomic E-state index is -0.374. The van der Waals surface area contributed by atoms with Crippen molar-refractivity contribution in [2.75, 3.05) is 5.32 Å². The lowest BCUT2D eigenvalue weighted by Gasteiger charge is -2.14. The number of carbonyl (C=O) groups is 1. The van der Waals surface area contributed by atoms with Crippen LogP contribution in [0.5, 0.6) is 0 Å². The SMILES string of the molecule is Cc1cccc(-n2c(C)cc(/C=N\NC(=O)Nc3ccccc3)c2C)c1C. The first-order valence-corrected chi connectivity index (χ1v) is 8.88. The third kappa shape index (κ3) is 4.08. The highest BCUT2D eigenvalue weighted by Gasteiger charge is 2.12. The maximum absolute atomic E-state index is 11.9.